The Balaban J connectivity index is 1.57. The van der Waals surface area contributed by atoms with Crippen LogP contribution in [0.3, 0.4) is 0 Å². The first-order valence-electron chi connectivity index (χ1n) is 8.76. The quantitative estimate of drug-likeness (QED) is 0.880. The summed E-state index contributed by atoms with van der Waals surface area (Å²) in [5.74, 6) is 0.0496. The maximum atomic E-state index is 12.6. The number of hydrogen-bond donors (Lipinski definition) is 2. The van der Waals surface area contributed by atoms with E-state index in [4.69, 9.17) is 11.6 Å². The molecule has 2 N–H and O–H groups in total. The monoisotopic (exact) mass is 358 g/mol. The van der Waals surface area contributed by atoms with Crippen LogP contribution in [0.5, 0.6) is 0 Å². The zero-order valence-corrected chi connectivity index (χ0v) is 15.5. The Labute approximate surface area is 154 Å². The van der Waals surface area contributed by atoms with Crippen molar-refractivity contribution in [3.8, 4) is 0 Å². The molecular weight excluding hydrogens is 334 g/mol. The van der Waals surface area contributed by atoms with Gasteiger partial charge in [0.1, 0.15) is 0 Å². The normalized spacial score (nSPS) is 16.5. The first kappa shape index (κ1) is 17.8. The lowest BCUT2D eigenvalue weighted by atomic mass is 10.1. The molecule has 0 spiro atoms. The van der Waals surface area contributed by atoms with Gasteiger partial charge in [0.2, 0.25) is 0 Å². The Morgan fingerprint density at radius 1 is 1.16 bits per heavy atom. The predicted octanol–water partition coefficient (Wildman–Crippen LogP) is 2.38. The largest absolute Gasteiger partial charge is 0.360 e. The molecule has 5 heteroatoms. The molecule has 3 rings (SSSR count). The molecule has 0 bridgehead atoms. The molecule has 132 valence electrons. The van der Waals surface area contributed by atoms with E-state index in [1.54, 1.807) is 0 Å². The molecule has 1 fully saturated rings. The minimum Gasteiger partial charge on any atom is -0.360 e. The summed E-state index contributed by atoms with van der Waals surface area (Å²) in [5.41, 5.74) is 3.08. The van der Waals surface area contributed by atoms with Crippen LogP contribution < -0.4 is 15.1 Å². The SMILES string of the molecule is Cc1ccc(Cl)cc1NC(=O)[C@H](C)[NH+]1CCN(c2ccccc2)CC1. The molecule has 1 saturated heterocycles. The summed E-state index contributed by atoms with van der Waals surface area (Å²) < 4.78 is 0. The van der Waals surface area contributed by atoms with Crippen molar-refractivity contribution in [3.63, 3.8) is 0 Å². The van der Waals surface area contributed by atoms with Gasteiger partial charge in [0, 0.05) is 16.4 Å². The number of nitrogens with zero attached hydrogens (tertiary/aromatic N) is 1. The Kier molecular flexibility index (Phi) is 5.61. The molecule has 25 heavy (non-hydrogen) atoms. The van der Waals surface area contributed by atoms with Crippen LogP contribution in [0.4, 0.5) is 11.4 Å². The van der Waals surface area contributed by atoms with E-state index in [2.05, 4.69) is 34.5 Å². The molecule has 1 heterocycles. The van der Waals surface area contributed by atoms with Crippen LogP contribution in [-0.2, 0) is 4.79 Å². The molecule has 0 radical (unpaired) electrons. The lowest BCUT2D eigenvalue weighted by Gasteiger charge is -2.36. The summed E-state index contributed by atoms with van der Waals surface area (Å²) in [7, 11) is 0. The molecule has 1 aliphatic rings. The average molecular weight is 359 g/mol. The third-order valence-electron chi connectivity index (χ3n) is 4.99. The van der Waals surface area contributed by atoms with Crippen LogP contribution in [0.15, 0.2) is 48.5 Å². The molecule has 1 amide bonds. The van der Waals surface area contributed by atoms with Gasteiger partial charge < -0.3 is 15.1 Å². The summed E-state index contributed by atoms with van der Waals surface area (Å²) in [6.45, 7) is 7.82. The minimum absolute atomic E-state index is 0.0496. The van der Waals surface area contributed by atoms with E-state index in [0.717, 1.165) is 37.4 Å². The van der Waals surface area contributed by atoms with Crippen LogP contribution >= 0.6 is 11.6 Å². The molecular formula is C20H25ClN3O+. The number of para-hydroxylation sites is 1. The van der Waals surface area contributed by atoms with Gasteiger partial charge in [0.15, 0.2) is 6.04 Å². The maximum Gasteiger partial charge on any atom is 0.282 e. The number of carbonyl (C=O) groups excluding carboxylic acids is 1. The second kappa shape index (κ2) is 7.89. The van der Waals surface area contributed by atoms with Crippen molar-refractivity contribution in [2.24, 2.45) is 0 Å². The second-order valence-electron chi connectivity index (χ2n) is 6.65. The minimum atomic E-state index is -0.0868. The van der Waals surface area contributed by atoms with E-state index in [1.807, 2.05) is 38.1 Å². The third kappa shape index (κ3) is 4.33. The zero-order valence-electron chi connectivity index (χ0n) is 14.8. The van der Waals surface area contributed by atoms with Crippen molar-refractivity contribution in [2.75, 3.05) is 36.4 Å². The average Bonchev–Trinajstić information content (AvgIpc) is 2.65. The lowest BCUT2D eigenvalue weighted by Crippen LogP contribution is -3.19. The Bertz CT molecular complexity index is 727. The lowest BCUT2D eigenvalue weighted by molar-refractivity contribution is -0.914. The van der Waals surface area contributed by atoms with Gasteiger partial charge in [0.05, 0.1) is 26.2 Å². The molecule has 0 aliphatic carbocycles. The molecule has 1 aliphatic heterocycles. The number of hydrogen-bond acceptors (Lipinski definition) is 2. The molecule has 2 aromatic rings. The Morgan fingerprint density at radius 3 is 2.52 bits per heavy atom. The summed E-state index contributed by atoms with van der Waals surface area (Å²) in [6.07, 6.45) is 0. The Morgan fingerprint density at radius 2 is 1.84 bits per heavy atom. The van der Waals surface area contributed by atoms with Gasteiger partial charge in [-0.05, 0) is 43.7 Å². The fraction of sp³-hybridized carbons (Fsp3) is 0.350. The van der Waals surface area contributed by atoms with Crippen molar-refractivity contribution in [2.45, 2.75) is 19.9 Å². The smallest absolute Gasteiger partial charge is 0.282 e. The van der Waals surface area contributed by atoms with Crippen molar-refractivity contribution in [1.29, 1.82) is 0 Å². The van der Waals surface area contributed by atoms with Gasteiger partial charge in [-0.1, -0.05) is 35.9 Å². The fourth-order valence-electron chi connectivity index (χ4n) is 3.28. The van der Waals surface area contributed by atoms with Crippen molar-refractivity contribution in [3.05, 3.63) is 59.1 Å². The van der Waals surface area contributed by atoms with Crippen molar-refractivity contribution >= 4 is 28.9 Å². The first-order chi connectivity index (χ1) is 12.0. The van der Waals surface area contributed by atoms with Gasteiger partial charge in [-0.2, -0.15) is 0 Å². The van der Waals surface area contributed by atoms with E-state index in [1.165, 1.54) is 10.6 Å². The van der Waals surface area contributed by atoms with E-state index < -0.39 is 0 Å². The topological polar surface area (TPSA) is 36.8 Å². The zero-order chi connectivity index (χ0) is 17.8. The van der Waals surface area contributed by atoms with Gasteiger partial charge >= 0.3 is 0 Å². The number of anilines is 2. The van der Waals surface area contributed by atoms with Crippen LogP contribution in [0.1, 0.15) is 12.5 Å². The highest BCUT2D eigenvalue weighted by Crippen LogP contribution is 2.20. The highest BCUT2D eigenvalue weighted by atomic mass is 35.5. The van der Waals surface area contributed by atoms with Crippen LogP contribution in [0.2, 0.25) is 5.02 Å². The predicted molar refractivity (Wildman–Crippen MR) is 104 cm³/mol. The number of nitrogens with one attached hydrogen (secondary N) is 2. The molecule has 2 aromatic carbocycles. The van der Waals surface area contributed by atoms with E-state index in [-0.39, 0.29) is 11.9 Å². The van der Waals surface area contributed by atoms with E-state index in [0.29, 0.717) is 5.02 Å². The van der Waals surface area contributed by atoms with Gasteiger partial charge in [-0.3, -0.25) is 4.79 Å². The highest BCUT2D eigenvalue weighted by molar-refractivity contribution is 6.31. The molecule has 0 unspecified atom stereocenters. The first-order valence-corrected chi connectivity index (χ1v) is 9.14. The molecule has 0 aromatic heterocycles. The van der Waals surface area contributed by atoms with Crippen LogP contribution in [-0.4, -0.2) is 38.1 Å². The second-order valence-corrected chi connectivity index (χ2v) is 7.09. The van der Waals surface area contributed by atoms with Crippen LogP contribution in [0, 0.1) is 6.92 Å². The number of amides is 1. The fourth-order valence-corrected chi connectivity index (χ4v) is 3.45. The summed E-state index contributed by atoms with van der Waals surface area (Å²) in [5, 5.41) is 3.67. The van der Waals surface area contributed by atoms with Gasteiger partial charge in [-0.25, -0.2) is 0 Å². The summed E-state index contributed by atoms with van der Waals surface area (Å²) >= 11 is 6.04. The molecule has 0 saturated carbocycles. The number of quaternary nitrogens is 1. The number of rotatable bonds is 4. The van der Waals surface area contributed by atoms with E-state index in [9.17, 15) is 4.79 Å². The summed E-state index contributed by atoms with van der Waals surface area (Å²) in [4.78, 5) is 16.3. The highest BCUT2D eigenvalue weighted by Gasteiger charge is 2.29. The Hall–Kier alpha value is -2.04. The summed E-state index contributed by atoms with van der Waals surface area (Å²) in [6, 6.07) is 15.9. The number of piperazine rings is 1. The van der Waals surface area contributed by atoms with Gasteiger partial charge in [-0.15, -0.1) is 0 Å². The van der Waals surface area contributed by atoms with Crippen molar-refractivity contribution in [1.82, 2.24) is 0 Å². The number of benzene rings is 2. The number of aryl methyl sites for hydroxylation is 1. The van der Waals surface area contributed by atoms with Crippen molar-refractivity contribution < 1.29 is 9.69 Å². The number of carbonyl (C=O) groups is 1. The van der Waals surface area contributed by atoms with Gasteiger partial charge in [0.25, 0.3) is 5.91 Å². The van der Waals surface area contributed by atoms with Crippen LogP contribution in [0.25, 0.3) is 0 Å². The number of halogens is 1. The van der Waals surface area contributed by atoms with E-state index >= 15 is 0 Å². The maximum absolute atomic E-state index is 12.6. The standard InChI is InChI=1S/C20H24ClN3O/c1-15-8-9-17(21)14-19(15)22-20(25)16(2)23-10-12-24(13-11-23)18-6-4-3-5-7-18/h3-9,14,16H,10-13H2,1-2H3,(H,22,25)/p+1/t16-/m0/s1. The molecule has 1 atom stereocenters. The third-order valence-corrected chi connectivity index (χ3v) is 5.23. The molecule has 4 nitrogen and oxygen atoms in total.